The van der Waals surface area contributed by atoms with Crippen LogP contribution in [0.1, 0.15) is 18.9 Å². The molecule has 0 spiro atoms. The summed E-state index contributed by atoms with van der Waals surface area (Å²) in [7, 11) is 0. The molecule has 0 radical (unpaired) electrons. The van der Waals surface area contributed by atoms with Crippen molar-refractivity contribution in [2.75, 3.05) is 12.3 Å². The van der Waals surface area contributed by atoms with Crippen molar-refractivity contribution in [1.82, 2.24) is 14.9 Å². The molecular formula is C20H25N5O5. The van der Waals surface area contributed by atoms with E-state index < -0.39 is 36.2 Å². The van der Waals surface area contributed by atoms with Crippen molar-refractivity contribution in [2.45, 2.75) is 37.8 Å². The van der Waals surface area contributed by atoms with Crippen LogP contribution in [0.25, 0.3) is 0 Å². The van der Waals surface area contributed by atoms with E-state index in [0.717, 1.165) is 10.1 Å². The first-order chi connectivity index (χ1) is 14.2. The zero-order valence-electron chi connectivity index (χ0n) is 16.5. The molecule has 6 N–H and O–H groups in total. The first-order valence-corrected chi connectivity index (χ1v) is 9.51. The number of benzene rings is 1. The van der Waals surface area contributed by atoms with Crippen LogP contribution in [-0.4, -0.2) is 45.1 Å². The highest BCUT2D eigenvalue weighted by molar-refractivity contribution is 5.91. The number of nitrogens with zero attached hydrogens (tertiary/aromatic N) is 2. The smallest absolute Gasteiger partial charge is 0.352 e. The van der Waals surface area contributed by atoms with Crippen molar-refractivity contribution in [3.63, 3.8) is 0 Å². The Kier molecular flexibility index (Phi) is 6.30. The Morgan fingerprint density at radius 3 is 2.67 bits per heavy atom. The summed E-state index contributed by atoms with van der Waals surface area (Å²) in [6, 6.07) is 9.78. The van der Waals surface area contributed by atoms with Gasteiger partial charge in [0.1, 0.15) is 5.82 Å². The SMILES string of the molecule is CC(=O)N[C@@H](Cc1ccccc1)C(=O)[C@H]1C[C@](N)(n2ccc(N)nc2=O)O[C@@H]1CO. The number of carbonyl (C=O) groups excluding carboxylic acids is 2. The third-order valence-electron chi connectivity index (χ3n) is 5.10. The van der Waals surface area contributed by atoms with Crippen LogP contribution in [-0.2, 0) is 26.6 Å². The van der Waals surface area contributed by atoms with Gasteiger partial charge in [0.15, 0.2) is 5.78 Å². The Balaban J connectivity index is 1.88. The molecule has 0 aliphatic carbocycles. The first-order valence-electron chi connectivity index (χ1n) is 9.51. The second-order valence-corrected chi connectivity index (χ2v) is 7.34. The van der Waals surface area contributed by atoms with E-state index in [1.54, 1.807) is 0 Å². The molecular weight excluding hydrogens is 390 g/mol. The second-order valence-electron chi connectivity index (χ2n) is 7.34. The Morgan fingerprint density at radius 1 is 1.37 bits per heavy atom. The molecule has 4 atom stereocenters. The minimum atomic E-state index is -1.68. The van der Waals surface area contributed by atoms with Crippen LogP contribution in [0.5, 0.6) is 0 Å². The Labute approximate surface area is 172 Å². The number of ketones is 1. The van der Waals surface area contributed by atoms with Crippen molar-refractivity contribution in [3.05, 3.63) is 58.6 Å². The third kappa shape index (κ3) is 4.56. The normalized spacial score (nSPS) is 24.4. The number of anilines is 1. The number of nitrogens with one attached hydrogen (secondary N) is 1. The van der Waals surface area contributed by atoms with E-state index in [9.17, 15) is 19.5 Å². The molecule has 1 aromatic heterocycles. The van der Waals surface area contributed by atoms with E-state index in [4.69, 9.17) is 16.2 Å². The number of rotatable bonds is 7. The summed E-state index contributed by atoms with van der Waals surface area (Å²) >= 11 is 0. The lowest BCUT2D eigenvalue weighted by Crippen LogP contribution is -2.49. The van der Waals surface area contributed by atoms with Crippen LogP contribution >= 0.6 is 0 Å². The minimum Gasteiger partial charge on any atom is -0.394 e. The fourth-order valence-corrected chi connectivity index (χ4v) is 3.72. The molecule has 1 aliphatic heterocycles. The average molecular weight is 415 g/mol. The summed E-state index contributed by atoms with van der Waals surface area (Å²) in [6.07, 6.45) is 0.586. The summed E-state index contributed by atoms with van der Waals surface area (Å²) in [5.74, 6) is -3.19. The number of aliphatic hydroxyl groups excluding tert-OH is 1. The Bertz CT molecular complexity index is 979. The Morgan fingerprint density at radius 2 is 2.07 bits per heavy atom. The predicted molar refractivity (Wildman–Crippen MR) is 108 cm³/mol. The molecule has 3 rings (SSSR count). The van der Waals surface area contributed by atoms with Gasteiger partial charge in [0, 0.05) is 19.5 Å². The van der Waals surface area contributed by atoms with E-state index in [2.05, 4.69) is 10.3 Å². The van der Waals surface area contributed by atoms with Gasteiger partial charge in [-0.2, -0.15) is 4.98 Å². The van der Waals surface area contributed by atoms with Crippen molar-refractivity contribution in [3.8, 4) is 0 Å². The minimum absolute atomic E-state index is 0.0257. The lowest BCUT2D eigenvalue weighted by Gasteiger charge is -2.26. The largest absolute Gasteiger partial charge is 0.394 e. The second kappa shape index (κ2) is 8.74. The fourth-order valence-electron chi connectivity index (χ4n) is 3.72. The maximum atomic E-state index is 13.3. The van der Waals surface area contributed by atoms with Crippen molar-refractivity contribution < 1.29 is 19.4 Å². The van der Waals surface area contributed by atoms with Crippen LogP contribution in [0.3, 0.4) is 0 Å². The van der Waals surface area contributed by atoms with E-state index in [1.165, 1.54) is 19.2 Å². The quantitative estimate of drug-likeness (QED) is 0.452. The Hall–Kier alpha value is -3.08. The number of Topliss-reactive ketones (excluding diaryl/α,β-unsaturated/α-hetero) is 1. The van der Waals surface area contributed by atoms with Gasteiger partial charge in [0.2, 0.25) is 11.8 Å². The van der Waals surface area contributed by atoms with Gasteiger partial charge in [-0.1, -0.05) is 30.3 Å². The van der Waals surface area contributed by atoms with Gasteiger partial charge in [-0.15, -0.1) is 0 Å². The zero-order valence-corrected chi connectivity index (χ0v) is 16.5. The predicted octanol–water partition coefficient (Wildman–Crippen LogP) is -0.892. The molecule has 1 aromatic carbocycles. The fraction of sp³-hybridized carbons (Fsp3) is 0.400. The molecule has 0 bridgehead atoms. The van der Waals surface area contributed by atoms with Gasteiger partial charge < -0.3 is 20.9 Å². The summed E-state index contributed by atoms with van der Waals surface area (Å²) in [5.41, 5.74) is 11.9. The van der Waals surface area contributed by atoms with Gasteiger partial charge in [-0.05, 0) is 18.1 Å². The molecule has 1 aliphatic rings. The van der Waals surface area contributed by atoms with E-state index in [-0.39, 0.29) is 30.3 Å². The van der Waals surface area contributed by atoms with E-state index >= 15 is 0 Å². The number of aromatic nitrogens is 2. The maximum Gasteiger partial charge on any atom is 0.352 e. The number of hydrogen-bond donors (Lipinski definition) is 4. The average Bonchev–Trinajstić information content (AvgIpc) is 3.05. The van der Waals surface area contributed by atoms with Crippen LogP contribution < -0.4 is 22.5 Å². The summed E-state index contributed by atoms with van der Waals surface area (Å²) < 4.78 is 6.77. The highest BCUT2D eigenvalue weighted by Crippen LogP contribution is 2.35. The van der Waals surface area contributed by atoms with Crippen molar-refractivity contribution in [2.24, 2.45) is 11.7 Å². The van der Waals surface area contributed by atoms with Crippen molar-refractivity contribution >= 4 is 17.5 Å². The first kappa shape index (κ1) is 21.6. The van der Waals surface area contributed by atoms with Crippen LogP contribution in [0.15, 0.2) is 47.4 Å². The highest BCUT2D eigenvalue weighted by atomic mass is 16.6. The maximum absolute atomic E-state index is 13.3. The molecule has 0 unspecified atom stereocenters. The van der Waals surface area contributed by atoms with Crippen molar-refractivity contribution in [1.29, 1.82) is 0 Å². The molecule has 0 saturated carbocycles. The number of ether oxygens (including phenoxy) is 1. The topological polar surface area (TPSA) is 163 Å². The van der Waals surface area contributed by atoms with Gasteiger partial charge in [-0.25, -0.2) is 4.79 Å². The molecule has 10 nitrogen and oxygen atoms in total. The number of nitrogens with two attached hydrogens (primary N) is 2. The number of carbonyl (C=O) groups is 2. The highest BCUT2D eigenvalue weighted by Gasteiger charge is 2.50. The molecule has 1 saturated heterocycles. The summed E-state index contributed by atoms with van der Waals surface area (Å²) in [5, 5.41) is 12.5. The number of nitrogen functional groups attached to an aromatic ring is 1. The lowest BCUT2D eigenvalue weighted by atomic mass is 9.88. The lowest BCUT2D eigenvalue weighted by molar-refractivity contribution is -0.133. The van der Waals surface area contributed by atoms with Crippen LogP contribution in [0.4, 0.5) is 5.82 Å². The molecule has 160 valence electrons. The number of amides is 1. The number of hydrogen-bond acceptors (Lipinski definition) is 8. The van der Waals surface area contributed by atoms with Crippen LogP contribution in [0.2, 0.25) is 0 Å². The van der Waals surface area contributed by atoms with Gasteiger partial charge in [0.05, 0.1) is 24.7 Å². The van der Waals surface area contributed by atoms with Gasteiger partial charge >= 0.3 is 5.69 Å². The number of aliphatic hydroxyl groups is 1. The van der Waals surface area contributed by atoms with E-state index in [1.807, 2.05) is 30.3 Å². The molecule has 30 heavy (non-hydrogen) atoms. The summed E-state index contributed by atoms with van der Waals surface area (Å²) in [6.45, 7) is 0.845. The van der Waals surface area contributed by atoms with Crippen LogP contribution in [0, 0.1) is 5.92 Å². The standard InChI is InChI=1S/C20H25N5O5/c1-12(27)23-15(9-13-5-3-2-4-6-13)18(28)14-10-20(22,30-16(14)11-26)25-8-7-17(21)24-19(25)29/h2-8,14-16,26H,9-11,22H2,1H3,(H,23,27)(H2,21,24,29)/t14-,15-,16+,20-/m0/s1. The molecule has 2 aromatic rings. The van der Waals surface area contributed by atoms with E-state index in [0.29, 0.717) is 0 Å². The monoisotopic (exact) mass is 415 g/mol. The molecule has 1 amide bonds. The third-order valence-corrected chi connectivity index (χ3v) is 5.10. The van der Waals surface area contributed by atoms with Gasteiger partial charge in [-0.3, -0.25) is 19.9 Å². The molecule has 2 heterocycles. The summed E-state index contributed by atoms with van der Waals surface area (Å²) in [4.78, 5) is 40.9. The van der Waals surface area contributed by atoms with Gasteiger partial charge in [0.25, 0.3) is 0 Å². The molecule has 10 heteroatoms. The molecule has 1 fully saturated rings. The zero-order chi connectivity index (χ0) is 21.9.